The van der Waals surface area contributed by atoms with E-state index in [-0.39, 0.29) is 17.5 Å². The molecule has 4 aromatic rings. The second-order valence-electron chi connectivity index (χ2n) is 9.04. The van der Waals surface area contributed by atoms with Gasteiger partial charge in [0.15, 0.2) is 11.2 Å². The third-order valence-corrected chi connectivity index (χ3v) is 6.52. The molecule has 0 aliphatic carbocycles. The monoisotopic (exact) mass is 521 g/mol. The number of aromatic nitrogens is 3. The van der Waals surface area contributed by atoms with Crippen LogP contribution in [-0.4, -0.2) is 49.5 Å². The predicted octanol–water partition coefficient (Wildman–Crippen LogP) is 3.93. The number of Topliss-reactive ketones (excluding diaryl/α,β-unsaturated/α-hetero) is 1. The highest BCUT2D eigenvalue weighted by atomic mass is 16.5. The summed E-state index contributed by atoms with van der Waals surface area (Å²) in [6, 6.07) is 11.4. The summed E-state index contributed by atoms with van der Waals surface area (Å²) in [6.07, 6.45) is 2.77. The van der Waals surface area contributed by atoms with Crippen molar-refractivity contribution in [2.75, 3.05) is 6.61 Å². The maximum atomic E-state index is 13.2. The van der Waals surface area contributed by atoms with Gasteiger partial charge in [0.1, 0.15) is 23.1 Å². The van der Waals surface area contributed by atoms with E-state index in [2.05, 4.69) is 17.2 Å². The minimum Gasteiger partial charge on any atom is -0.493 e. The van der Waals surface area contributed by atoms with Gasteiger partial charge in [-0.15, -0.1) is 5.10 Å². The van der Waals surface area contributed by atoms with Crippen LogP contribution in [0.5, 0.6) is 5.75 Å². The van der Waals surface area contributed by atoms with Gasteiger partial charge < -0.3 is 19.4 Å². The molecule has 0 saturated carbocycles. The lowest BCUT2D eigenvalue weighted by atomic mass is 9.78. The van der Waals surface area contributed by atoms with Crippen LogP contribution in [0.2, 0.25) is 0 Å². The van der Waals surface area contributed by atoms with Gasteiger partial charge in [-0.25, -0.2) is 4.68 Å². The van der Waals surface area contributed by atoms with E-state index in [0.717, 1.165) is 23.9 Å². The van der Waals surface area contributed by atoms with Crippen molar-refractivity contribution in [2.24, 2.45) is 5.41 Å². The summed E-state index contributed by atoms with van der Waals surface area (Å²) in [5.74, 6) is -3.55. The number of fused-ring (bicyclic) bond motifs is 2. The maximum Gasteiger partial charge on any atom is 0.321 e. The summed E-state index contributed by atoms with van der Waals surface area (Å²) in [7, 11) is 0. The number of ether oxygens (including phenoxy) is 1. The summed E-state index contributed by atoms with van der Waals surface area (Å²) >= 11 is 0. The van der Waals surface area contributed by atoms with E-state index >= 15 is 0 Å². The van der Waals surface area contributed by atoms with Gasteiger partial charge >= 0.3 is 11.9 Å². The minimum atomic E-state index is -2.50. The summed E-state index contributed by atoms with van der Waals surface area (Å²) < 4.78 is 12.1. The van der Waals surface area contributed by atoms with Gasteiger partial charge in [-0.3, -0.25) is 19.2 Å². The van der Waals surface area contributed by atoms with Gasteiger partial charge in [0.2, 0.25) is 0 Å². The molecular formula is C27H27N3O8. The molecule has 2 aromatic carbocycles. The zero-order valence-electron chi connectivity index (χ0n) is 20.8. The largest absolute Gasteiger partial charge is 0.493 e. The highest BCUT2D eigenvalue weighted by Gasteiger charge is 2.48. The molecule has 0 spiro atoms. The highest BCUT2D eigenvalue weighted by Crippen LogP contribution is 2.33. The van der Waals surface area contributed by atoms with Crippen LogP contribution < -0.4 is 10.3 Å². The van der Waals surface area contributed by atoms with Crippen molar-refractivity contribution in [1.29, 1.82) is 0 Å². The van der Waals surface area contributed by atoms with Crippen molar-refractivity contribution in [1.82, 2.24) is 15.0 Å². The Morgan fingerprint density at radius 3 is 2.55 bits per heavy atom. The van der Waals surface area contributed by atoms with Crippen molar-refractivity contribution in [3.05, 3.63) is 64.6 Å². The lowest BCUT2D eigenvalue weighted by Crippen LogP contribution is -2.43. The molecular weight excluding hydrogens is 494 g/mol. The highest BCUT2D eigenvalue weighted by molar-refractivity contribution is 6.11. The van der Waals surface area contributed by atoms with Crippen molar-refractivity contribution in [3.8, 4) is 5.75 Å². The topological polar surface area (TPSA) is 162 Å². The van der Waals surface area contributed by atoms with Crippen LogP contribution in [0.25, 0.3) is 21.9 Å². The van der Waals surface area contributed by atoms with E-state index in [1.165, 1.54) is 6.26 Å². The molecule has 0 unspecified atom stereocenters. The maximum absolute atomic E-state index is 13.2. The molecule has 198 valence electrons. The van der Waals surface area contributed by atoms with Gasteiger partial charge in [0.25, 0.3) is 5.56 Å². The second-order valence-corrected chi connectivity index (χ2v) is 9.04. The smallest absolute Gasteiger partial charge is 0.321 e. The van der Waals surface area contributed by atoms with Crippen molar-refractivity contribution in [3.63, 3.8) is 0 Å². The zero-order chi connectivity index (χ0) is 27.3. The van der Waals surface area contributed by atoms with Crippen molar-refractivity contribution in [2.45, 2.75) is 45.6 Å². The zero-order valence-corrected chi connectivity index (χ0v) is 20.8. The number of carboxylic acids is 2. The fraction of sp³-hybridized carbons (Fsp3) is 0.333. The molecule has 0 saturated heterocycles. The Balaban J connectivity index is 1.56. The molecule has 2 heterocycles. The Hall–Kier alpha value is -4.54. The Morgan fingerprint density at radius 1 is 1.05 bits per heavy atom. The predicted molar refractivity (Wildman–Crippen MR) is 136 cm³/mol. The SMILES string of the molecule is CCCCCOc1ccc2c(C(=O)CC(CCn3nnc4ccccc4c3=O)(C(=O)O)C(=O)O)coc2c1. The molecule has 38 heavy (non-hydrogen) atoms. The normalized spacial score (nSPS) is 11.6. The number of aliphatic carboxylic acids is 2. The Labute approximate surface area is 216 Å². The number of carboxylic acid groups (broad SMARTS) is 2. The number of hydrogen-bond acceptors (Lipinski definition) is 8. The molecule has 0 atom stereocenters. The van der Waals surface area contributed by atoms with Crippen LogP contribution in [0.4, 0.5) is 0 Å². The van der Waals surface area contributed by atoms with Crippen LogP contribution in [-0.2, 0) is 16.1 Å². The van der Waals surface area contributed by atoms with Gasteiger partial charge in [0, 0.05) is 24.4 Å². The second kappa shape index (κ2) is 11.2. The molecule has 0 amide bonds. The first-order chi connectivity index (χ1) is 18.3. The minimum absolute atomic E-state index is 0.0621. The number of carbonyl (C=O) groups is 3. The van der Waals surface area contributed by atoms with Crippen LogP contribution in [0.1, 0.15) is 49.4 Å². The Morgan fingerprint density at radius 2 is 1.82 bits per heavy atom. The molecule has 2 N–H and O–H groups in total. The summed E-state index contributed by atoms with van der Waals surface area (Å²) in [5, 5.41) is 28.3. The number of ketones is 1. The number of carbonyl (C=O) groups excluding carboxylic acids is 1. The average molecular weight is 522 g/mol. The summed E-state index contributed by atoms with van der Waals surface area (Å²) in [4.78, 5) is 50.4. The summed E-state index contributed by atoms with van der Waals surface area (Å²) in [5.41, 5.74) is -2.27. The number of benzene rings is 2. The van der Waals surface area contributed by atoms with E-state index in [9.17, 15) is 29.4 Å². The van der Waals surface area contributed by atoms with Crippen molar-refractivity contribution < 1.29 is 33.8 Å². The van der Waals surface area contributed by atoms with Crippen molar-refractivity contribution >= 4 is 39.6 Å². The molecule has 11 heteroatoms. The number of aryl methyl sites for hydroxylation is 1. The molecule has 0 aliphatic heterocycles. The third kappa shape index (κ3) is 5.26. The fourth-order valence-corrected chi connectivity index (χ4v) is 4.24. The van der Waals surface area contributed by atoms with Crippen LogP contribution in [0.3, 0.4) is 0 Å². The first-order valence-electron chi connectivity index (χ1n) is 12.2. The summed E-state index contributed by atoms with van der Waals surface area (Å²) in [6.45, 7) is 2.26. The first kappa shape index (κ1) is 26.5. The van der Waals surface area contributed by atoms with E-state index in [4.69, 9.17) is 9.15 Å². The quantitative estimate of drug-likeness (QED) is 0.150. The van der Waals surface area contributed by atoms with E-state index < -0.39 is 41.5 Å². The first-order valence-corrected chi connectivity index (χ1v) is 12.2. The molecule has 4 rings (SSSR count). The average Bonchev–Trinajstić information content (AvgIpc) is 3.33. The third-order valence-electron chi connectivity index (χ3n) is 6.52. The van der Waals surface area contributed by atoms with Gasteiger partial charge in [-0.05, 0) is 37.1 Å². The molecule has 0 bridgehead atoms. The standard InChI is InChI=1S/C27H27N3O8/c1-2-3-6-13-37-17-9-10-18-20(16-38-23(18)14-17)22(31)15-27(25(33)34,26(35)36)11-12-30-24(32)19-7-4-5-8-21(19)28-29-30/h4-5,7-10,14,16H,2-3,6,11-13,15H2,1H3,(H,33,34)(H,35,36). The van der Waals surface area contributed by atoms with E-state index in [0.29, 0.717) is 28.8 Å². The number of rotatable bonds is 13. The molecule has 11 nitrogen and oxygen atoms in total. The number of furan rings is 1. The number of nitrogens with zero attached hydrogens (tertiary/aromatic N) is 3. The van der Waals surface area contributed by atoms with Gasteiger partial charge in [0.05, 0.1) is 17.6 Å². The van der Waals surface area contributed by atoms with E-state index in [1.807, 2.05) is 0 Å². The molecule has 0 aliphatic rings. The molecule has 2 aromatic heterocycles. The number of hydrogen-bond donors (Lipinski definition) is 2. The molecule has 0 fully saturated rings. The lowest BCUT2D eigenvalue weighted by molar-refractivity contribution is -0.165. The number of unbranched alkanes of at least 4 members (excludes halogenated alkanes) is 2. The Bertz CT molecular complexity index is 1540. The fourth-order valence-electron chi connectivity index (χ4n) is 4.24. The van der Waals surface area contributed by atoms with Crippen LogP contribution in [0, 0.1) is 5.41 Å². The van der Waals surface area contributed by atoms with Gasteiger partial charge in [-0.1, -0.05) is 37.1 Å². The molecule has 0 radical (unpaired) electrons. The van der Waals surface area contributed by atoms with Gasteiger partial charge in [-0.2, -0.15) is 0 Å². The Kier molecular flexibility index (Phi) is 7.85. The van der Waals surface area contributed by atoms with Crippen LogP contribution in [0.15, 0.2) is 57.9 Å². The van der Waals surface area contributed by atoms with Crippen LogP contribution >= 0.6 is 0 Å². The van der Waals surface area contributed by atoms with E-state index in [1.54, 1.807) is 42.5 Å². The lowest BCUT2D eigenvalue weighted by Gasteiger charge is -2.24.